The summed E-state index contributed by atoms with van der Waals surface area (Å²) in [6.07, 6.45) is 0. The van der Waals surface area contributed by atoms with Crippen LogP contribution in [0, 0.1) is 11.6 Å². The number of ether oxygens (including phenoxy) is 1. The summed E-state index contributed by atoms with van der Waals surface area (Å²) in [5, 5.41) is 13.3. The molecular weight excluding hydrogens is 292 g/mol. The lowest BCUT2D eigenvalue weighted by atomic mass is 9.95. The quantitative estimate of drug-likeness (QED) is 0.825. The number of hydrogen-bond donors (Lipinski definition) is 2. The van der Waals surface area contributed by atoms with Crippen LogP contribution in [-0.2, 0) is 23.5 Å². The molecule has 1 heterocycles. The highest BCUT2D eigenvalue weighted by atomic mass is 19.1. The monoisotopic (exact) mass is 311 g/mol. The molecule has 0 bridgehead atoms. The van der Waals surface area contributed by atoms with Crippen molar-refractivity contribution in [3.8, 4) is 0 Å². The van der Waals surface area contributed by atoms with Crippen LogP contribution in [0.5, 0.6) is 0 Å². The topological polar surface area (TPSA) is 54.6 Å². The summed E-state index contributed by atoms with van der Waals surface area (Å²) in [6, 6.07) is 6.73. The summed E-state index contributed by atoms with van der Waals surface area (Å²) in [5.41, 5.74) is -1.42. The van der Waals surface area contributed by atoms with Crippen LogP contribution in [0.3, 0.4) is 0 Å². The molecule has 0 spiro atoms. The van der Waals surface area contributed by atoms with Gasteiger partial charge in [-0.2, -0.15) is 0 Å². The van der Waals surface area contributed by atoms with Crippen LogP contribution in [0.4, 0.5) is 8.78 Å². The fraction of sp³-hybridized carbons (Fsp3) is 0.375. The highest BCUT2D eigenvalue weighted by Gasteiger charge is 2.26. The van der Waals surface area contributed by atoms with Crippen molar-refractivity contribution >= 4 is 0 Å². The fourth-order valence-corrected chi connectivity index (χ4v) is 2.19. The molecular formula is C16H19F2NO3. The number of aliphatic hydroxyl groups is 1. The smallest absolute Gasteiger partial charge is 0.132 e. The van der Waals surface area contributed by atoms with Crippen molar-refractivity contribution in [2.24, 2.45) is 0 Å². The second-order valence-corrected chi connectivity index (χ2v) is 5.30. The van der Waals surface area contributed by atoms with E-state index in [4.69, 9.17) is 9.15 Å². The molecule has 6 heteroatoms. The Morgan fingerprint density at radius 3 is 2.64 bits per heavy atom. The number of furan rings is 1. The maximum atomic E-state index is 13.7. The van der Waals surface area contributed by atoms with Crippen molar-refractivity contribution in [1.29, 1.82) is 0 Å². The van der Waals surface area contributed by atoms with Gasteiger partial charge in [0.25, 0.3) is 0 Å². The molecule has 0 amide bonds. The maximum absolute atomic E-state index is 13.7. The molecule has 2 rings (SSSR count). The fourth-order valence-electron chi connectivity index (χ4n) is 2.19. The van der Waals surface area contributed by atoms with Gasteiger partial charge in [0, 0.05) is 25.3 Å². The Hall–Kier alpha value is -1.76. The van der Waals surface area contributed by atoms with Gasteiger partial charge in [-0.25, -0.2) is 8.78 Å². The van der Waals surface area contributed by atoms with Crippen molar-refractivity contribution in [2.75, 3.05) is 13.7 Å². The first-order valence-electron chi connectivity index (χ1n) is 6.87. The van der Waals surface area contributed by atoms with Crippen molar-refractivity contribution in [1.82, 2.24) is 5.32 Å². The predicted octanol–water partition coefficient (Wildman–Crippen LogP) is 2.70. The molecule has 120 valence electrons. The molecule has 1 aromatic carbocycles. The van der Waals surface area contributed by atoms with E-state index in [0.29, 0.717) is 24.7 Å². The zero-order valence-corrected chi connectivity index (χ0v) is 12.5. The van der Waals surface area contributed by atoms with Crippen LogP contribution in [-0.4, -0.2) is 18.8 Å². The molecule has 22 heavy (non-hydrogen) atoms. The van der Waals surface area contributed by atoms with Gasteiger partial charge in [0.05, 0.1) is 6.54 Å². The molecule has 0 fully saturated rings. The molecule has 1 unspecified atom stereocenters. The Bertz CT molecular complexity index is 626. The molecule has 0 aliphatic rings. The Morgan fingerprint density at radius 2 is 1.95 bits per heavy atom. The number of halogens is 2. The number of rotatable bonds is 7. The van der Waals surface area contributed by atoms with Crippen LogP contribution in [0.1, 0.15) is 24.0 Å². The Balaban J connectivity index is 1.94. The van der Waals surface area contributed by atoms with Gasteiger partial charge >= 0.3 is 0 Å². The molecule has 0 saturated carbocycles. The summed E-state index contributed by atoms with van der Waals surface area (Å²) < 4.78 is 37.1. The molecule has 2 N–H and O–H groups in total. The van der Waals surface area contributed by atoms with E-state index < -0.39 is 17.2 Å². The Morgan fingerprint density at radius 1 is 1.23 bits per heavy atom. The lowest BCUT2D eigenvalue weighted by Gasteiger charge is -2.24. The van der Waals surface area contributed by atoms with E-state index in [-0.39, 0.29) is 12.1 Å². The summed E-state index contributed by atoms with van der Waals surface area (Å²) in [4.78, 5) is 0. The highest BCUT2D eigenvalue weighted by molar-refractivity contribution is 5.24. The first-order valence-corrected chi connectivity index (χ1v) is 6.87. The SMILES string of the molecule is COCc1ccc(CNCC(C)(O)c2ccc(F)cc2F)o1. The van der Waals surface area contributed by atoms with Gasteiger partial charge in [-0.15, -0.1) is 0 Å². The molecule has 4 nitrogen and oxygen atoms in total. The molecule has 0 saturated heterocycles. The van der Waals surface area contributed by atoms with Gasteiger partial charge in [0.15, 0.2) is 0 Å². The lowest BCUT2D eigenvalue weighted by molar-refractivity contribution is 0.0523. The summed E-state index contributed by atoms with van der Waals surface area (Å²) in [7, 11) is 1.58. The van der Waals surface area contributed by atoms with Crippen LogP contribution in [0.15, 0.2) is 34.7 Å². The van der Waals surface area contributed by atoms with Crippen LogP contribution in [0.2, 0.25) is 0 Å². The van der Waals surface area contributed by atoms with E-state index in [0.717, 1.165) is 12.1 Å². The van der Waals surface area contributed by atoms with Gasteiger partial charge in [0.2, 0.25) is 0 Å². The van der Waals surface area contributed by atoms with E-state index in [2.05, 4.69) is 5.32 Å². The van der Waals surface area contributed by atoms with E-state index >= 15 is 0 Å². The van der Waals surface area contributed by atoms with E-state index in [1.807, 2.05) is 0 Å². The number of hydrogen-bond acceptors (Lipinski definition) is 4. The summed E-state index contributed by atoms with van der Waals surface area (Å²) >= 11 is 0. The van der Waals surface area contributed by atoms with Gasteiger partial charge < -0.3 is 19.6 Å². The molecule has 0 aliphatic carbocycles. The van der Waals surface area contributed by atoms with Crippen LogP contribution < -0.4 is 5.32 Å². The van der Waals surface area contributed by atoms with E-state index in [1.165, 1.54) is 13.0 Å². The minimum Gasteiger partial charge on any atom is -0.462 e. The van der Waals surface area contributed by atoms with E-state index in [1.54, 1.807) is 19.2 Å². The summed E-state index contributed by atoms with van der Waals surface area (Å²) in [5.74, 6) is -0.0588. The van der Waals surface area contributed by atoms with Gasteiger partial charge in [-0.1, -0.05) is 6.07 Å². The molecule has 0 radical (unpaired) electrons. The van der Waals surface area contributed by atoms with Crippen molar-refractivity contribution in [3.63, 3.8) is 0 Å². The molecule has 1 atom stereocenters. The first-order chi connectivity index (χ1) is 10.4. The van der Waals surface area contributed by atoms with Gasteiger partial charge in [-0.05, 0) is 25.1 Å². The highest BCUT2D eigenvalue weighted by Crippen LogP contribution is 2.23. The minimum atomic E-state index is -1.46. The second-order valence-electron chi connectivity index (χ2n) is 5.30. The predicted molar refractivity (Wildman–Crippen MR) is 77.1 cm³/mol. The van der Waals surface area contributed by atoms with Gasteiger partial charge in [0.1, 0.15) is 35.4 Å². The largest absolute Gasteiger partial charge is 0.462 e. The third kappa shape index (κ3) is 4.13. The molecule has 1 aromatic heterocycles. The third-order valence-corrected chi connectivity index (χ3v) is 3.28. The number of methoxy groups -OCH3 is 1. The normalized spacial score (nSPS) is 14.0. The Labute approximate surface area is 127 Å². The summed E-state index contributed by atoms with van der Waals surface area (Å²) in [6.45, 7) is 2.33. The molecule has 0 aliphatic heterocycles. The second kappa shape index (κ2) is 7.00. The first kappa shape index (κ1) is 16.6. The van der Waals surface area contributed by atoms with Crippen molar-refractivity contribution < 1.29 is 23.0 Å². The van der Waals surface area contributed by atoms with Crippen molar-refractivity contribution in [3.05, 3.63) is 59.1 Å². The Kier molecular flexibility index (Phi) is 5.28. The minimum absolute atomic E-state index is 0.0425. The third-order valence-electron chi connectivity index (χ3n) is 3.28. The average Bonchev–Trinajstić information content (AvgIpc) is 2.86. The maximum Gasteiger partial charge on any atom is 0.132 e. The van der Waals surface area contributed by atoms with E-state index in [9.17, 15) is 13.9 Å². The standard InChI is InChI=1S/C16H19F2NO3/c1-16(20,14-6-3-11(17)7-15(14)18)10-19-8-12-4-5-13(22-12)9-21-2/h3-7,19-20H,8-10H2,1-2H3. The zero-order valence-electron chi connectivity index (χ0n) is 12.5. The van der Waals surface area contributed by atoms with Crippen molar-refractivity contribution in [2.45, 2.75) is 25.7 Å². The van der Waals surface area contributed by atoms with Crippen LogP contribution >= 0.6 is 0 Å². The zero-order chi connectivity index (χ0) is 16.2. The number of nitrogens with one attached hydrogen (secondary N) is 1. The van der Waals surface area contributed by atoms with Crippen LogP contribution in [0.25, 0.3) is 0 Å². The average molecular weight is 311 g/mol. The number of benzene rings is 1. The molecule has 2 aromatic rings. The lowest BCUT2D eigenvalue weighted by Crippen LogP contribution is -2.35. The van der Waals surface area contributed by atoms with Gasteiger partial charge in [-0.3, -0.25) is 0 Å².